The van der Waals surface area contributed by atoms with Crippen LogP contribution >= 0.6 is 0 Å². The summed E-state index contributed by atoms with van der Waals surface area (Å²) in [4.78, 5) is 28.7. The molecule has 4 nitrogen and oxygen atoms in total. The molecule has 0 bridgehead atoms. The van der Waals surface area contributed by atoms with Crippen LogP contribution < -0.4 is 4.90 Å². The zero-order chi connectivity index (χ0) is 17.2. The monoisotopic (exact) mass is 316 g/mol. The highest BCUT2D eigenvalue weighted by Gasteiger charge is 2.38. The van der Waals surface area contributed by atoms with E-state index in [1.165, 1.54) is 0 Å². The Morgan fingerprint density at radius 3 is 2.39 bits per heavy atom. The highest BCUT2D eigenvalue weighted by molar-refractivity contribution is 6.01. The molecule has 1 atom stereocenters. The zero-order valence-corrected chi connectivity index (χ0v) is 14.9. The second-order valence-electron chi connectivity index (χ2n) is 7.18. The van der Waals surface area contributed by atoms with Gasteiger partial charge in [-0.05, 0) is 30.9 Å². The molecule has 4 heteroatoms. The first-order chi connectivity index (χ1) is 10.8. The van der Waals surface area contributed by atoms with Crippen LogP contribution in [-0.4, -0.2) is 36.3 Å². The summed E-state index contributed by atoms with van der Waals surface area (Å²) < 4.78 is 0. The third-order valence-corrected chi connectivity index (χ3v) is 4.55. The van der Waals surface area contributed by atoms with Gasteiger partial charge < -0.3 is 9.80 Å². The third kappa shape index (κ3) is 3.57. The van der Waals surface area contributed by atoms with Crippen molar-refractivity contribution in [2.75, 3.05) is 24.5 Å². The Bertz CT molecular complexity index is 585. The van der Waals surface area contributed by atoms with Gasteiger partial charge in [0.05, 0.1) is 5.92 Å². The zero-order valence-electron chi connectivity index (χ0n) is 14.9. The molecule has 1 aliphatic rings. The normalized spacial score (nSPS) is 18.4. The summed E-state index contributed by atoms with van der Waals surface area (Å²) in [6.45, 7) is 12.3. The largest absolute Gasteiger partial charge is 0.343 e. The molecular formula is C19H28N2O2. The van der Waals surface area contributed by atoms with E-state index in [0.717, 1.165) is 11.3 Å². The first-order valence-corrected chi connectivity index (χ1v) is 8.48. The summed E-state index contributed by atoms with van der Waals surface area (Å²) in [5, 5.41) is 0. The van der Waals surface area contributed by atoms with Crippen molar-refractivity contribution in [3.63, 3.8) is 0 Å². The Kier molecular flexibility index (Phi) is 5.12. The predicted molar refractivity (Wildman–Crippen MR) is 93.5 cm³/mol. The van der Waals surface area contributed by atoms with E-state index in [2.05, 4.69) is 26.8 Å². The SMILES string of the molecule is CCN(CC)C(=O)C1CC(=O)N(c2ccccc2C(C)(C)C)C1. The second kappa shape index (κ2) is 6.73. The summed E-state index contributed by atoms with van der Waals surface area (Å²) in [6, 6.07) is 8.02. The lowest BCUT2D eigenvalue weighted by Crippen LogP contribution is -2.37. The molecule has 0 aliphatic carbocycles. The summed E-state index contributed by atoms with van der Waals surface area (Å²) in [5.41, 5.74) is 2.04. The molecule has 1 saturated heterocycles. The summed E-state index contributed by atoms with van der Waals surface area (Å²) in [7, 11) is 0. The Morgan fingerprint density at radius 2 is 1.83 bits per heavy atom. The van der Waals surface area contributed by atoms with Gasteiger partial charge in [-0.15, -0.1) is 0 Å². The number of rotatable bonds is 4. The highest BCUT2D eigenvalue weighted by atomic mass is 16.2. The van der Waals surface area contributed by atoms with Crippen molar-refractivity contribution in [2.24, 2.45) is 5.92 Å². The topological polar surface area (TPSA) is 40.6 Å². The van der Waals surface area contributed by atoms with Crippen LogP contribution in [0.25, 0.3) is 0 Å². The number of carbonyl (C=O) groups excluding carboxylic acids is 2. The maximum absolute atomic E-state index is 12.6. The number of carbonyl (C=O) groups is 2. The van der Waals surface area contributed by atoms with Crippen molar-refractivity contribution in [3.8, 4) is 0 Å². The van der Waals surface area contributed by atoms with Crippen LogP contribution in [0.5, 0.6) is 0 Å². The van der Waals surface area contributed by atoms with Gasteiger partial charge in [0.1, 0.15) is 0 Å². The lowest BCUT2D eigenvalue weighted by atomic mass is 9.85. The minimum absolute atomic E-state index is 0.0438. The molecule has 2 amide bonds. The number of para-hydroxylation sites is 1. The fourth-order valence-electron chi connectivity index (χ4n) is 3.24. The first kappa shape index (κ1) is 17.5. The molecule has 1 aliphatic heterocycles. The fraction of sp³-hybridized carbons (Fsp3) is 0.579. The molecule has 23 heavy (non-hydrogen) atoms. The van der Waals surface area contributed by atoms with Gasteiger partial charge in [-0.25, -0.2) is 0 Å². The Hall–Kier alpha value is -1.84. The van der Waals surface area contributed by atoms with Crippen molar-refractivity contribution in [1.29, 1.82) is 0 Å². The Labute approximate surface area is 139 Å². The lowest BCUT2D eigenvalue weighted by molar-refractivity contribution is -0.135. The summed E-state index contributed by atoms with van der Waals surface area (Å²) in [5.74, 6) is -0.0817. The Morgan fingerprint density at radius 1 is 1.22 bits per heavy atom. The van der Waals surface area contributed by atoms with Crippen molar-refractivity contribution in [1.82, 2.24) is 4.90 Å². The average molecular weight is 316 g/mol. The van der Waals surface area contributed by atoms with Gasteiger partial charge in [0, 0.05) is 31.7 Å². The van der Waals surface area contributed by atoms with Crippen molar-refractivity contribution < 1.29 is 9.59 Å². The molecule has 1 heterocycles. The van der Waals surface area contributed by atoms with E-state index in [-0.39, 0.29) is 23.1 Å². The molecule has 1 aromatic carbocycles. The molecule has 2 rings (SSSR count). The highest BCUT2D eigenvalue weighted by Crippen LogP contribution is 2.35. The number of hydrogen-bond donors (Lipinski definition) is 0. The van der Waals surface area contributed by atoms with E-state index >= 15 is 0 Å². The van der Waals surface area contributed by atoms with Crippen LogP contribution in [0.15, 0.2) is 24.3 Å². The van der Waals surface area contributed by atoms with Crippen LogP contribution in [0.2, 0.25) is 0 Å². The van der Waals surface area contributed by atoms with Crippen molar-refractivity contribution in [3.05, 3.63) is 29.8 Å². The molecule has 0 radical (unpaired) electrons. The standard InChI is InChI=1S/C19H28N2O2/c1-6-20(7-2)18(23)14-12-17(22)21(13-14)16-11-9-8-10-15(16)19(3,4)5/h8-11,14H,6-7,12-13H2,1-5H3. The number of amides is 2. The van der Waals surface area contributed by atoms with Crippen LogP contribution in [0.1, 0.15) is 46.6 Å². The van der Waals surface area contributed by atoms with Gasteiger partial charge in [0.25, 0.3) is 0 Å². The van der Waals surface area contributed by atoms with Gasteiger partial charge in [-0.1, -0.05) is 39.0 Å². The minimum Gasteiger partial charge on any atom is -0.343 e. The van der Waals surface area contributed by atoms with Crippen LogP contribution in [-0.2, 0) is 15.0 Å². The second-order valence-corrected chi connectivity index (χ2v) is 7.18. The van der Waals surface area contributed by atoms with Crippen molar-refractivity contribution >= 4 is 17.5 Å². The molecular weight excluding hydrogens is 288 g/mol. The molecule has 1 aromatic rings. The fourth-order valence-corrected chi connectivity index (χ4v) is 3.24. The number of hydrogen-bond acceptors (Lipinski definition) is 2. The minimum atomic E-state index is -0.226. The number of nitrogens with zero attached hydrogens (tertiary/aromatic N) is 2. The van der Waals surface area contributed by atoms with Gasteiger partial charge in [0.15, 0.2) is 0 Å². The van der Waals surface area contributed by atoms with Crippen LogP contribution in [0.3, 0.4) is 0 Å². The maximum atomic E-state index is 12.6. The third-order valence-electron chi connectivity index (χ3n) is 4.55. The molecule has 0 spiro atoms. The number of benzene rings is 1. The quantitative estimate of drug-likeness (QED) is 0.856. The van der Waals surface area contributed by atoms with E-state index in [1.54, 1.807) is 4.90 Å². The maximum Gasteiger partial charge on any atom is 0.227 e. The van der Waals surface area contributed by atoms with Gasteiger partial charge in [-0.3, -0.25) is 9.59 Å². The summed E-state index contributed by atoms with van der Waals surface area (Å²) >= 11 is 0. The predicted octanol–water partition coefficient (Wildman–Crippen LogP) is 3.21. The molecule has 0 N–H and O–H groups in total. The average Bonchev–Trinajstić information content (AvgIpc) is 2.89. The molecule has 0 aromatic heterocycles. The van der Waals surface area contributed by atoms with Gasteiger partial charge >= 0.3 is 0 Å². The van der Waals surface area contributed by atoms with E-state index in [0.29, 0.717) is 26.1 Å². The molecule has 1 unspecified atom stereocenters. The first-order valence-electron chi connectivity index (χ1n) is 8.48. The van der Waals surface area contributed by atoms with Crippen molar-refractivity contribution in [2.45, 2.75) is 46.5 Å². The lowest BCUT2D eigenvalue weighted by Gasteiger charge is -2.28. The van der Waals surface area contributed by atoms with Crippen LogP contribution in [0.4, 0.5) is 5.69 Å². The Balaban J connectivity index is 2.27. The van der Waals surface area contributed by atoms with E-state index in [4.69, 9.17) is 0 Å². The summed E-state index contributed by atoms with van der Waals surface area (Å²) in [6.07, 6.45) is 0.313. The van der Waals surface area contributed by atoms with Gasteiger partial charge in [-0.2, -0.15) is 0 Å². The molecule has 126 valence electrons. The number of anilines is 1. The molecule has 1 fully saturated rings. The van der Waals surface area contributed by atoms with E-state index in [1.807, 2.05) is 36.9 Å². The molecule has 0 saturated carbocycles. The smallest absolute Gasteiger partial charge is 0.227 e. The van der Waals surface area contributed by atoms with Crippen LogP contribution in [0, 0.1) is 5.92 Å². The van der Waals surface area contributed by atoms with Gasteiger partial charge in [0.2, 0.25) is 11.8 Å². The van der Waals surface area contributed by atoms with E-state index in [9.17, 15) is 9.59 Å². The van der Waals surface area contributed by atoms with E-state index < -0.39 is 0 Å².